The minimum atomic E-state index is -0.577. The third kappa shape index (κ3) is 2.49. The topological polar surface area (TPSA) is 88.0 Å². The zero-order valence-electron chi connectivity index (χ0n) is 11.1. The number of amides is 2. The van der Waals surface area contributed by atoms with Crippen LogP contribution in [0.3, 0.4) is 0 Å². The minimum absolute atomic E-state index is 0.285. The van der Waals surface area contributed by atoms with E-state index in [-0.39, 0.29) is 11.5 Å². The Bertz CT molecular complexity index is 836. The first-order valence-electron chi connectivity index (χ1n) is 6.42. The van der Waals surface area contributed by atoms with Crippen LogP contribution in [0.1, 0.15) is 20.7 Å². The maximum atomic E-state index is 12.3. The van der Waals surface area contributed by atoms with E-state index in [4.69, 9.17) is 5.73 Å². The predicted molar refractivity (Wildman–Crippen MR) is 81.2 cm³/mol. The van der Waals surface area contributed by atoms with Crippen LogP contribution in [0.4, 0.5) is 5.69 Å². The molecular formula is C16H13N3O2. The number of para-hydroxylation sites is 1. The second-order valence-corrected chi connectivity index (χ2v) is 4.64. The molecule has 3 rings (SSSR count). The summed E-state index contributed by atoms with van der Waals surface area (Å²) in [7, 11) is 0. The Morgan fingerprint density at radius 1 is 1.05 bits per heavy atom. The summed E-state index contributed by atoms with van der Waals surface area (Å²) in [6, 6.07) is 13.9. The molecule has 21 heavy (non-hydrogen) atoms. The van der Waals surface area contributed by atoms with E-state index < -0.39 is 5.91 Å². The van der Waals surface area contributed by atoms with Crippen molar-refractivity contribution in [2.24, 2.45) is 5.73 Å². The van der Waals surface area contributed by atoms with Crippen LogP contribution in [0.2, 0.25) is 0 Å². The Morgan fingerprint density at radius 2 is 1.86 bits per heavy atom. The lowest BCUT2D eigenvalue weighted by Gasteiger charge is -2.08. The van der Waals surface area contributed by atoms with E-state index in [1.165, 1.54) is 0 Å². The third-order valence-electron chi connectivity index (χ3n) is 3.26. The molecule has 1 aromatic heterocycles. The first kappa shape index (κ1) is 12.9. The van der Waals surface area contributed by atoms with E-state index in [1.807, 2.05) is 18.3 Å². The van der Waals surface area contributed by atoms with Gasteiger partial charge in [0.05, 0.1) is 11.3 Å². The Kier molecular flexibility index (Phi) is 3.16. The zero-order valence-corrected chi connectivity index (χ0v) is 11.1. The molecule has 1 heterocycles. The molecule has 0 saturated heterocycles. The molecule has 5 heteroatoms. The van der Waals surface area contributed by atoms with Crippen LogP contribution < -0.4 is 11.1 Å². The summed E-state index contributed by atoms with van der Waals surface area (Å²) in [6.07, 6.45) is 1.81. The highest BCUT2D eigenvalue weighted by atomic mass is 16.2. The molecule has 3 aromatic rings. The van der Waals surface area contributed by atoms with E-state index in [0.717, 1.165) is 10.9 Å². The van der Waals surface area contributed by atoms with E-state index >= 15 is 0 Å². The number of nitrogens with one attached hydrogen (secondary N) is 2. The highest BCUT2D eigenvalue weighted by molar-refractivity contribution is 6.09. The molecule has 0 saturated carbocycles. The average molecular weight is 279 g/mol. The predicted octanol–water partition coefficient (Wildman–Crippen LogP) is 2.52. The molecule has 0 atom stereocenters. The van der Waals surface area contributed by atoms with Crippen molar-refractivity contribution in [3.8, 4) is 0 Å². The standard InChI is InChI=1S/C16H13N3O2/c17-15(20)12-3-1-2-4-14(12)19-16(21)11-5-6-13-10(9-11)7-8-18-13/h1-9,18H,(H2,17,20)(H,19,21). The van der Waals surface area contributed by atoms with Gasteiger partial charge in [-0.15, -0.1) is 0 Å². The van der Waals surface area contributed by atoms with Gasteiger partial charge in [0, 0.05) is 22.7 Å². The summed E-state index contributed by atoms with van der Waals surface area (Å²) in [5, 5.41) is 3.66. The molecule has 0 radical (unpaired) electrons. The van der Waals surface area contributed by atoms with Crippen molar-refractivity contribution >= 4 is 28.4 Å². The number of aromatic nitrogens is 1. The molecular weight excluding hydrogens is 266 g/mol. The molecule has 0 unspecified atom stereocenters. The van der Waals surface area contributed by atoms with Gasteiger partial charge in [0.2, 0.25) is 0 Å². The van der Waals surface area contributed by atoms with Gasteiger partial charge in [-0.1, -0.05) is 12.1 Å². The Morgan fingerprint density at radius 3 is 2.67 bits per heavy atom. The van der Waals surface area contributed by atoms with Crippen molar-refractivity contribution in [1.29, 1.82) is 0 Å². The first-order chi connectivity index (χ1) is 10.1. The summed E-state index contributed by atoms with van der Waals surface area (Å²) in [6.45, 7) is 0. The van der Waals surface area contributed by atoms with Gasteiger partial charge >= 0.3 is 0 Å². The summed E-state index contributed by atoms with van der Waals surface area (Å²) in [4.78, 5) is 26.7. The van der Waals surface area contributed by atoms with Crippen LogP contribution in [-0.2, 0) is 0 Å². The van der Waals surface area contributed by atoms with E-state index in [9.17, 15) is 9.59 Å². The number of primary amides is 1. The molecule has 0 spiro atoms. The maximum absolute atomic E-state index is 12.3. The molecule has 0 bridgehead atoms. The number of hydrogen-bond donors (Lipinski definition) is 3. The van der Waals surface area contributed by atoms with Gasteiger partial charge in [-0.25, -0.2) is 0 Å². The van der Waals surface area contributed by atoms with Crippen molar-refractivity contribution in [3.05, 3.63) is 65.9 Å². The van der Waals surface area contributed by atoms with E-state index in [1.54, 1.807) is 36.4 Å². The largest absolute Gasteiger partial charge is 0.366 e. The number of carbonyl (C=O) groups excluding carboxylic acids is 2. The molecule has 0 aliphatic rings. The lowest BCUT2D eigenvalue weighted by molar-refractivity contribution is 0.100. The van der Waals surface area contributed by atoms with Gasteiger partial charge < -0.3 is 16.0 Å². The third-order valence-corrected chi connectivity index (χ3v) is 3.26. The number of fused-ring (bicyclic) bond motifs is 1. The molecule has 4 N–H and O–H groups in total. The fourth-order valence-electron chi connectivity index (χ4n) is 2.20. The number of H-pyrrole nitrogens is 1. The second-order valence-electron chi connectivity index (χ2n) is 4.64. The fourth-order valence-corrected chi connectivity index (χ4v) is 2.20. The van der Waals surface area contributed by atoms with Crippen molar-refractivity contribution in [3.63, 3.8) is 0 Å². The molecule has 104 valence electrons. The number of rotatable bonds is 3. The van der Waals surface area contributed by atoms with E-state index in [2.05, 4.69) is 10.3 Å². The lowest BCUT2D eigenvalue weighted by Crippen LogP contribution is -2.18. The highest BCUT2D eigenvalue weighted by Gasteiger charge is 2.12. The van der Waals surface area contributed by atoms with Crippen molar-refractivity contribution < 1.29 is 9.59 Å². The second kappa shape index (κ2) is 5.13. The molecule has 0 aliphatic carbocycles. The van der Waals surface area contributed by atoms with Gasteiger partial charge in [0.25, 0.3) is 11.8 Å². The molecule has 0 aliphatic heterocycles. The van der Waals surface area contributed by atoms with Crippen LogP contribution >= 0.6 is 0 Å². The Labute approximate surface area is 120 Å². The number of hydrogen-bond acceptors (Lipinski definition) is 2. The number of aromatic amines is 1. The normalized spacial score (nSPS) is 10.5. The molecule has 0 fully saturated rings. The van der Waals surface area contributed by atoms with E-state index in [0.29, 0.717) is 11.3 Å². The fraction of sp³-hybridized carbons (Fsp3) is 0. The number of benzene rings is 2. The first-order valence-corrected chi connectivity index (χ1v) is 6.42. The molecule has 2 aromatic carbocycles. The van der Waals surface area contributed by atoms with Crippen LogP contribution in [0, 0.1) is 0 Å². The van der Waals surface area contributed by atoms with Gasteiger partial charge in [-0.05, 0) is 36.4 Å². The summed E-state index contributed by atoms with van der Waals surface area (Å²) >= 11 is 0. The van der Waals surface area contributed by atoms with Crippen LogP contribution in [0.15, 0.2) is 54.7 Å². The summed E-state index contributed by atoms with van der Waals surface area (Å²) in [5.41, 5.74) is 7.46. The van der Waals surface area contributed by atoms with Crippen LogP contribution in [0.25, 0.3) is 10.9 Å². The number of carbonyl (C=O) groups is 2. The molecule has 5 nitrogen and oxygen atoms in total. The van der Waals surface area contributed by atoms with Gasteiger partial charge in [-0.3, -0.25) is 9.59 Å². The summed E-state index contributed by atoms with van der Waals surface area (Å²) in [5.74, 6) is -0.862. The SMILES string of the molecule is NC(=O)c1ccccc1NC(=O)c1ccc2[nH]ccc2c1. The van der Waals surface area contributed by atoms with Gasteiger partial charge in [0.15, 0.2) is 0 Å². The number of anilines is 1. The average Bonchev–Trinajstić information content (AvgIpc) is 2.94. The zero-order chi connectivity index (χ0) is 14.8. The van der Waals surface area contributed by atoms with Crippen molar-refractivity contribution in [1.82, 2.24) is 4.98 Å². The lowest BCUT2D eigenvalue weighted by atomic mass is 10.1. The monoisotopic (exact) mass is 279 g/mol. The Balaban J connectivity index is 1.91. The Hall–Kier alpha value is -3.08. The number of nitrogens with two attached hydrogens (primary N) is 1. The van der Waals surface area contributed by atoms with Crippen molar-refractivity contribution in [2.75, 3.05) is 5.32 Å². The molecule has 2 amide bonds. The smallest absolute Gasteiger partial charge is 0.255 e. The minimum Gasteiger partial charge on any atom is -0.366 e. The van der Waals surface area contributed by atoms with Crippen molar-refractivity contribution in [2.45, 2.75) is 0 Å². The van der Waals surface area contributed by atoms with Gasteiger partial charge in [-0.2, -0.15) is 0 Å². The summed E-state index contributed by atoms with van der Waals surface area (Å²) < 4.78 is 0. The van der Waals surface area contributed by atoms with Crippen LogP contribution in [0.5, 0.6) is 0 Å². The maximum Gasteiger partial charge on any atom is 0.255 e. The quantitative estimate of drug-likeness (QED) is 0.687. The highest BCUT2D eigenvalue weighted by Crippen LogP contribution is 2.18. The van der Waals surface area contributed by atoms with Crippen LogP contribution in [-0.4, -0.2) is 16.8 Å². The van der Waals surface area contributed by atoms with Gasteiger partial charge in [0.1, 0.15) is 0 Å².